The van der Waals surface area contributed by atoms with Gasteiger partial charge in [-0.2, -0.15) is 8.62 Å². The molecular formula is C18H22N5O16P3. The Bertz CT molecular complexity index is 1750. The number of hydrogen-bond acceptors (Lipinski definition) is 14. The van der Waals surface area contributed by atoms with Gasteiger partial charge in [0, 0.05) is 12.7 Å². The average Bonchev–Trinajstić information content (AvgIpc) is 3.41. The van der Waals surface area contributed by atoms with Crippen molar-refractivity contribution in [2.75, 3.05) is 19.0 Å². The van der Waals surface area contributed by atoms with Crippen LogP contribution >= 0.6 is 23.5 Å². The molecule has 42 heavy (non-hydrogen) atoms. The first-order chi connectivity index (χ1) is 19.5. The van der Waals surface area contributed by atoms with E-state index in [1.807, 2.05) is 4.98 Å². The molecule has 3 aromatic rings. The van der Waals surface area contributed by atoms with Crippen LogP contribution in [0.25, 0.3) is 11.2 Å². The summed E-state index contributed by atoms with van der Waals surface area (Å²) < 4.78 is 58.8. The van der Waals surface area contributed by atoms with Crippen LogP contribution in [0.15, 0.2) is 40.2 Å². The summed E-state index contributed by atoms with van der Waals surface area (Å²) in [6.07, 6.45) is -5.73. The van der Waals surface area contributed by atoms with Gasteiger partial charge >= 0.3 is 35.1 Å². The van der Waals surface area contributed by atoms with Crippen LogP contribution in [0.4, 0.5) is 5.69 Å². The number of esters is 1. The molecule has 0 amide bonds. The van der Waals surface area contributed by atoms with Crippen molar-refractivity contribution in [3.05, 3.63) is 57.0 Å². The van der Waals surface area contributed by atoms with Crippen LogP contribution in [0.3, 0.4) is 0 Å². The molecule has 0 bridgehead atoms. The Morgan fingerprint density at radius 1 is 1.10 bits per heavy atom. The number of aliphatic hydroxyl groups is 1. The van der Waals surface area contributed by atoms with Crippen molar-refractivity contribution in [3.8, 4) is 0 Å². The fourth-order valence-corrected chi connectivity index (χ4v) is 6.94. The number of carbonyl (C=O) groups excluding carboxylic acids is 1. The van der Waals surface area contributed by atoms with Gasteiger partial charge in [0.1, 0.15) is 17.9 Å². The molecule has 6 atom stereocenters. The van der Waals surface area contributed by atoms with Crippen LogP contribution in [0.5, 0.6) is 0 Å². The van der Waals surface area contributed by atoms with Crippen LogP contribution in [0.1, 0.15) is 16.6 Å². The Morgan fingerprint density at radius 3 is 2.45 bits per heavy atom. The lowest BCUT2D eigenvalue weighted by molar-refractivity contribution is -0.0520. The van der Waals surface area contributed by atoms with Gasteiger partial charge in [0.25, 0.3) is 5.56 Å². The number of aliphatic hydroxyl groups excluding tert-OH is 1. The van der Waals surface area contributed by atoms with Crippen molar-refractivity contribution in [1.29, 1.82) is 0 Å². The molecule has 1 saturated heterocycles. The normalized spacial score (nSPS) is 23.8. The maximum atomic E-state index is 13.0. The molecule has 8 N–H and O–H groups in total. The molecule has 0 spiro atoms. The van der Waals surface area contributed by atoms with Gasteiger partial charge in [0.15, 0.2) is 17.8 Å². The number of imidazole rings is 1. The highest BCUT2D eigenvalue weighted by molar-refractivity contribution is 7.66. The molecular weight excluding hydrogens is 635 g/mol. The summed E-state index contributed by atoms with van der Waals surface area (Å²) in [6.45, 7) is -1.10. The number of fused-ring (bicyclic) bond motifs is 1. The highest BCUT2D eigenvalue weighted by Crippen LogP contribution is 2.66. The number of nitrogens with one attached hydrogen (secondary N) is 3. The smallest absolute Gasteiger partial charge is 0.453 e. The molecule has 230 valence electrons. The second-order valence-corrected chi connectivity index (χ2v) is 12.8. The Labute approximate surface area is 232 Å². The van der Waals surface area contributed by atoms with Crippen LogP contribution in [-0.4, -0.2) is 82.1 Å². The van der Waals surface area contributed by atoms with E-state index >= 15 is 0 Å². The number of ether oxygens (including phenoxy) is 2. The Hall–Kier alpha value is -3.03. The summed E-state index contributed by atoms with van der Waals surface area (Å²) in [5.41, 5.74) is -1.96. The molecule has 1 aromatic carbocycles. The maximum absolute atomic E-state index is 13.0. The third-order valence-corrected chi connectivity index (χ3v) is 9.33. The fourth-order valence-electron chi connectivity index (χ4n) is 3.91. The van der Waals surface area contributed by atoms with Gasteiger partial charge in [0.05, 0.1) is 18.5 Å². The van der Waals surface area contributed by atoms with Crippen molar-refractivity contribution >= 4 is 46.3 Å². The zero-order chi connectivity index (χ0) is 31.0. The van der Waals surface area contributed by atoms with E-state index in [0.717, 1.165) is 10.9 Å². The number of para-hydroxylation sites is 1. The van der Waals surface area contributed by atoms with Crippen LogP contribution in [0, 0.1) is 0 Å². The monoisotopic (exact) mass is 657 g/mol. The minimum Gasteiger partial charge on any atom is -0.453 e. The average molecular weight is 657 g/mol. The number of phosphoric ester groups is 1. The third kappa shape index (κ3) is 7.30. The largest absolute Gasteiger partial charge is 0.490 e. The quantitative estimate of drug-likeness (QED) is 0.0931. The second kappa shape index (κ2) is 11.9. The molecule has 3 heterocycles. The van der Waals surface area contributed by atoms with Gasteiger partial charge in [-0.1, -0.05) is 12.1 Å². The number of aromatic nitrogens is 4. The molecule has 0 saturated carbocycles. The van der Waals surface area contributed by atoms with Crippen LogP contribution in [-0.2, 0) is 36.3 Å². The topological polar surface area (TPSA) is 311 Å². The van der Waals surface area contributed by atoms with Crippen LogP contribution in [0.2, 0.25) is 0 Å². The van der Waals surface area contributed by atoms with E-state index in [9.17, 15) is 43.0 Å². The molecule has 1 aliphatic heterocycles. The lowest BCUT2D eigenvalue weighted by atomic mass is 10.1. The first-order valence-corrected chi connectivity index (χ1v) is 15.8. The maximum Gasteiger partial charge on any atom is 0.490 e. The highest BCUT2D eigenvalue weighted by atomic mass is 31.3. The lowest BCUT2D eigenvalue weighted by Gasteiger charge is -2.22. The number of carbonyl (C=O) groups is 1. The van der Waals surface area contributed by atoms with Crippen molar-refractivity contribution in [3.63, 3.8) is 0 Å². The van der Waals surface area contributed by atoms with E-state index in [2.05, 4.69) is 28.4 Å². The minimum absolute atomic E-state index is 0.00577. The SMILES string of the molecule is CNc1ccccc1C(=O)O[C@H]1[C@@H](O)[C@H](n2cnc3c(=O)[nH]c(=O)[nH]c32)O[C@@H]1COP(=O)(O)OP(=O)(O)OP(=O)(O)O. The third-order valence-electron chi connectivity index (χ3n) is 5.53. The summed E-state index contributed by atoms with van der Waals surface area (Å²) in [5.74, 6) is -1.00. The molecule has 1 aliphatic rings. The second-order valence-electron chi connectivity index (χ2n) is 8.37. The fraction of sp³-hybridized carbons (Fsp3) is 0.333. The molecule has 2 unspecified atom stereocenters. The molecule has 1 fully saturated rings. The van der Waals surface area contributed by atoms with Gasteiger partial charge in [-0.15, -0.1) is 0 Å². The van der Waals surface area contributed by atoms with Gasteiger partial charge in [-0.05, 0) is 12.1 Å². The number of aromatic amines is 2. The van der Waals surface area contributed by atoms with Crippen molar-refractivity contribution in [2.45, 2.75) is 24.5 Å². The van der Waals surface area contributed by atoms with E-state index in [1.165, 1.54) is 19.2 Å². The number of benzene rings is 1. The number of H-pyrrole nitrogens is 2. The number of rotatable bonds is 11. The van der Waals surface area contributed by atoms with Gasteiger partial charge in [-0.25, -0.2) is 28.3 Å². The first kappa shape index (κ1) is 31.9. The van der Waals surface area contributed by atoms with E-state index in [4.69, 9.17) is 19.3 Å². The minimum atomic E-state index is -5.85. The Kier molecular flexibility index (Phi) is 9.06. The molecule has 0 radical (unpaired) electrons. The Morgan fingerprint density at radius 2 is 1.79 bits per heavy atom. The van der Waals surface area contributed by atoms with E-state index in [-0.39, 0.29) is 16.7 Å². The summed E-state index contributed by atoms with van der Waals surface area (Å²) in [4.78, 5) is 81.6. The zero-order valence-electron chi connectivity index (χ0n) is 20.9. The lowest BCUT2D eigenvalue weighted by Crippen LogP contribution is -2.38. The number of hydrogen-bond donors (Lipinski definition) is 8. The summed E-state index contributed by atoms with van der Waals surface area (Å²) in [6, 6.07) is 6.05. The summed E-state index contributed by atoms with van der Waals surface area (Å²) in [7, 11) is -15.6. The first-order valence-electron chi connectivity index (χ1n) is 11.3. The molecule has 21 nitrogen and oxygen atoms in total. The molecule has 4 rings (SSSR count). The van der Waals surface area contributed by atoms with Crippen molar-refractivity contribution in [2.24, 2.45) is 0 Å². The summed E-state index contributed by atoms with van der Waals surface area (Å²) >= 11 is 0. The van der Waals surface area contributed by atoms with E-state index in [0.29, 0.717) is 5.69 Å². The van der Waals surface area contributed by atoms with Gasteiger partial charge in [-0.3, -0.25) is 23.9 Å². The molecule has 24 heteroatoms. The predicted octanol–water partition coefficient (Wildman–Crippen LogP) is -0.718. The van der Waals surface area contributed by atoms with Crippen LogP contribution < -0.4 is 16.6 Å². The standard InChI is InChI=1S/C18H22N5O16P3/c1-19-9-5-3-2-4-8(9)17(26)37-13-10(6-35-41(31,32)39-42(33,34)38-40(28,29)30)36-16(12(13)24)23-7-20-11-14(23)21-18(27)22-15(11)25/h2-5,7,10,12-13,16,19,24H,6H2,1H3,(H,31,32)(H,33,34)(H2,28,29,30)(H2,21,22,25,27)/t10-,12-,13-,16-/m1/s1. The van der Waals surface area contributed by atoms with Crippen molar-refractivity contribution < 1.29 is 65.8 Å². The summed E-state index contributed by atoms with van der Waals surface area (Å²) in [5, 5.41) is 13.9. The van der Waals surface area contributed by atoms with Crippen molar-refractivity contribution in [1.82, 2.24) is 19.5 Å². The van der Waals surface area contributed by atoms with Gasteiger partial charge < -0.3 is 39.5 Å². The van der Waals surface area contributed by atoms with Gasteiger partial charge in [0.2, 0.25) is 0 Å². The predicted molar refractivity (Wildman–Crippen MR) is 136 cm³/mol. The number of phosphoric acid groups is 3. The number of nitrogens with zero attached hydrogens (tertiary/aromatic N) is 2. The zero-order valence-corrected chi connectivity index (χ0v) is 23.5. The number of anilines is 1. The van der Waals surface area contributed by atoms with E-state index in [1.54, 1.807) is 12.1 Å². The molecule has 0 aliphatic carbocycles. The van der Waals surface area contributed by atoms with E-state index < -0.39 is 71.8 Å². The molecule has 2 aromatic heterocycles. The highest BCUT2D eigenvalue weighted by Gasteiger charge is 2.49. The Balaban J connectivity index is 1.63.